The van der Waals surface area contributed by atoms with Crippen LogP contribution in [0.2, 0.25) is 5.02 Å². The van der Waals surface area contributed by atoms with Crippen molar-refractivity contribution in [1.82, 2.24) is 10.3 Å². The van der Waals surface area contributed by atoms with E-state index in [2.05, 4.69) is 15.6 Å². The number of halogens is 1. The third-order valence-electron chi connectivity index (χ3n) is 4.28. The summed E-state index contributed by atoms with van der Waals surface area (Å²) in [6.45, 7) is 0.839. The third-order valence-corrected chi connectivity index (χ3v) is 5.36. The Balaban J connectivity index is 1.50. The Morgan fingerprint density at radius 1 is 1.21 bits per heavy atom. The van der Waals surface area contributed by atoms with Crippen LogP contribution in [0.25, 0.3) is 11.3 Å². The van der Waals surface area contributed by atoms with Gasteiger partial charge < -0.3 is 10.1 Å². The molecular formula is C21H17ClN4O6S. The predicted molar refractivity (Wildman–Crippen MR) is 122 cm³/mol. The summed E-state index contributed by atoms with van der Waals surface area (Å²) in [6.07, 6.45) is -1.14. The van der Waals surface area contributed by atoms with Gasteiger partial charge >= 0.3 is 5.97 Å². The van der Waals surface area contributed by atoms with Crippen LogP contribution in [-0.4, -0.2) is 40.3 Å². The molecule has 0 saturated carbocycles. The lowest BCUT2D eigenvalue weighted by atomic mass is 10.2. The number of nitro benzene ring substituents is 1. The van der Waals surface area contributed by atoms with Crippen LogP contribution in [0.1, 0.15) is 17.3 Å². The maximum absolute atomic E-state index is 12.3. The van der Waals surface area contributed by atoms with Crippen LogP contribution in [-0.2, 0) is 14.3 Å². The molecule has 0 saturated heterocycles. The van der Waals surface area contributed by atoms with Crippen molar-refractivity contribution in [2.45, 2.75) is 13.0 Å². The summed E-state index contributed by atoms with van der Waals surface area (Å²) in [6, 6.07) is 12.9. The maximum atomic E-state index is 12.3. The monoisotopic (exact) mass is 488 g/mol. The van der Waals surface area contributed by atoms with Crippen LogP contribution in [0.5, 0.6) is 0 Å². The van der Waals surface area contributed by atoms with Crippen molar-refractivity contribution < 1.29 is 24.0 Å². The first-order chi connectivity index (χ1) is 15.7. The zero-order valence-corrected chi connectivity index (χ0v) is 18.7. The van der Waals surface area contributed by atoms with Gasteiger partial charge in [0.2, 0.25) is 0 Å². The van der Waals surface area contributed by atoms with Gasteiger partial charge in [-0.25, -0.2) is 4.98 Å². The number of ether oxygens (including phenoxy) is 1. The van der Waals surface area contributed by atoms with E-state index < -0.39 is 41.0 Å². The van der Waals surface area contributed by atoms with Crippen molar-refractivity contribution in [3.8, 4) is 11.3 Å². The van der Waals surface area contributed by atoms with Crippen molar-refractivity contribution in [2.24, 2.45) is 0 Å². The molecule has 2 aromatic carbocycles. The highest BCUT2D eigenvalue weighted by molar-refractivity contribution is 7.14. The van der Waals surface area contributed by atoms with E-state index in [-0.39, 0.29) is 10.6 Å². The molecule has 0 aliphatic carbocycles. The van der Waals surface area contributed by atoms with E-state index in [0.29, 0.717) is 10.8 Å². The number of nitro groups is 1. The molecule has 1 unspecified atom stereocenters. The third kappa shape index (κ3) is 6.34. The first kappa shape index (κ1) is 23.8. The SMILES string of the molecule is CC(OC(=O)CNC(=O)c1ccc(Cl)c([N+](=O)[O-])c1)C(=O)Nc1nc(-c2ccccc2)cs1. The number of carbonyl (C=O) groups is 3. The van der Waals surface area contributed by atoms with Gasteiger partial charge in [-0.2, -0.15) is 0 Å². The highest BCUT2D eigenvalue weighted by Gasteiger charge is 2.21. The highest BCUT2D eigenvalue weighted by atomic mass is 35.5. The molecule has 2 amide bonds. The summed E-state index contributed by atoms with van der Waals surface area (Å²) in [4.78, 5) is 51.0. The van der Waals surface area contributed by atoms with E-state index in [4.69, 9.17) is 16.3 Å². The number of anilines is 1. The number of carbonyl (C=O) groups excluding carboxylic acids is 3. The second-order valence-electron chi connectivity index (χ2n) is 6.63. The van der Waals surface area contributed by atoms with Crippen molar-refractivity contribution >= 4 is 51.5 Å². The average Bonchev–Trinajstić information content (AvgIpc) is 3.26. The first-order valence-corrected chi connectivity index (χ1v) is 10.7. The number of amides is 2. The van der Waals surface area contributed by atoms with Crippen molar-refractivity contribution in [3.05, 3.63) is 74.6 Å². The smallest absolute Gasteiger partial charge is 0.326 e. The lowest BCUT2D eigenvalue weighted by molar-refractivity contribution is -0.384. The molecule has 0 fully saturated rings. The number of benzene rings is 2. The van der Waals surface area contributed by atoms with Gasteiger partial charge in [0.25, 0.3) is 17.5 Å². The number of esters is 1. The predicted octanol–water partition coefficient (Wildman–Crippen LogP) is 3.67. The fourth-order valence-corrected chi connectivity index (χ4v) is 3.53. The molecule has 170 valence electrons. The van der Waals surface area contributed by atoms with Gasteiger partial charge in [-0.3, -0.25) is 29.8 Å². The summed E-state index contributed by atoms with van der Waals surface area (Å²) < 4.78 is 5.02. The number of nitrogens with zero attached hydrogens (tertiary/aromatic N) is 2. The highest BCUT2D eigenvalue weighted by Crippen LogP contribution is 2.25. The standard InChI is InChI=1S/C21H17ClN4O6S/c1-12(19(28)25-21-24-16(11-33-21)13-5-3-2-4-6-13)32-18(27)10-23-20(29)14-7-8-15(22)17(9-14)26(30)31/h2-9,11-12H,10H2,1H3,(H,23,29)(H,24,25,28). The second kappa shape index (κ2) is 10.7. The Labute approximate surface area is 196 Å². The second-order valence-corrected chi connectivity index (χ2v) is 7.90. The number of nitrogens with one attached hydrogen (secondary N) is 2. The molecule has 3 rings (SSSR count). The number of rotatable bonds is 8. The maximum Gasteiger partial charge on any atom is 0.326 e. The molecule has 0 aliphatic heterocycles. The van der Waals surface area contributed by atoms with Gasteiger partial charge in [-0.15, -0.1) is 11.3 Å². The van der Waals surface area contributed by atoms with Crippen LogP contribution in [0, 0.1) is 10.1 Å². The zero-order chi connectivity index (χ0) is 24.0. The fraction of sp³-hybridized carbons (Fsp3) is 0.143. The molecule has 10 nitrogen and oxygen atoms in total. The Kier molecular flexibility index (Phi) is 7.70. The molecule has 0 spiro atoms. The number of hydrogen-bond donors (Lipinski definition) is 2. The summed E-state index contributed by atoms with van der Waals surface area (Å²) in [5.74, 6) is -2.18. The van der Waals surface area contributed by atoms with Crippen LogP contribution < -0.4 is 10.6 Å². The van der Waals surface area contributed by atoms with E-state index in [0.717, 1.165) is 11.6 Å². The number of thiazole rings is 1. The Morgan fingerprint density at radius 3 is 2.64 bits per heavy atom. The van der Waals surface area contributed by atoms with Gasteiger partial charge in [-0.1, -0.05) is 41.9 Å². The van der Waals surface area contributed by atoms with E-state index >= 15 is 0 Å². The quantitative estimate of drug-likeness (QED) is 0.280. The van der Waals surface area contributed by atoms with Crippen LogP contribution >= 0.6 is 22.9 Å². The van der Waals surface area contributed by atoms with Crippen LogP contribution in [0.15, 0.2) is 53.9 Å². The van der Waals surface area contributed by atoms with Gasteiger partial charge in [0.05, 0.1) is 10.6 Å². The minimum Gasteiger partial charge on any atom is -0.451 e. The molecule has 2 N–H and O–H groups in total. The van der Waals surface area contributed by atoms with Crippen LogP contribution in [0.3, 0.4) is 0 Å². The summed E-state index contributed by atoms with van der Waals surface area (Å²) >= 11 is 6.94. The van der Waals surface area contributed by atoms with Gasteiger partial charge in [0.1, 0.15) is 11.6 Å². The lowest BCUT2D eigenvalue weighted by Crippen LogP contribution is -2.35. The Bertz CT molecular complexity index is 1200. The average molecular weight is 489 g/mol. The van der Waals surface area contributed by atoms with Gasteiger partial charge in [0.15, 0.2) is 11.2 Å². The minimum atomic E-state index is -1.14. The molecule has 1 aromatic heterocycles. The molecule has 12 heteroatoms. The number of aromatic nitrogens is 1. The molecule has 1 heterocycles. The fourth-order valence-electron chi connectivity index (χ4n) is 2.62. The van der Waals surface area contributed by atoms with Gasteiger partial charge in [-0.05, 0) is 19.1 Å². The first-order valence-electron chi connectivity index (χ1n) is 9.48. The van der Waals surface area contributed by atoms with E-state index in [1.54, 1.807) is 5.38 Å². The molecule has 33 heavy (non-hydrogen) atoms. The minimum absolute atomic E-state index is 0.0531. The van der Waals surface area contributed by atoms with Crippen molar-refractivity contribution in [3.63, 3.8) is 0 Å². The summed E-state index contributed by atoms with van der Waals surface area (Å²) in [5, 5.41) is 17.8. The summed E-state index contributed by atoms with van der Waals surface area (Å²) in [5.41, 5.74) is 1.11. The van der Waals surface area contributed by atoms with Gasteiger partial charge in [0, 0.05) is 22.6 Å². The molecule has 1 atom stereocenters. The lowest BCUT2D eigenvalue weighted by Gasteiger charge is -2.12. The van der Waals surface area contributed by atoms with E-state index in [9.17, 15) is 24.5 Å². The topological polar surface area (TPSA) is 141 Å². The van der Waals surface area contributed by atoms with Crippen molar-refractivity contribution in [2.75, 3.05) is 11.9 Å². The van der Waals surface area contributed by atoms with Crippen LogP contribution in [0.4, 0.5) is 10.8 Å². The van der Waals surface area contributed by atoms with E-state index in [1.807, 2.05) is 30.3 Å². The molecule has 3 aromatic rings. The molecule has 0 radical (unpaired) electrons. The number of hydrogen-bond acceptors (Lipinski definition) is 8. The van der Waals surface area contributed by atoms with Crippen molar-refractivity contribution in [1.29, 1.82) is 0 Å². The largest absolute Gasteiger partial charge is 0.451 e. The normalized spacial score (nSPS) is 11.3. The molecule has 0 bridgehead atoms. The molecular weight excluding hydrogens is 472 g/mol. The van der Waals surface area contributed by atoms with E-state index in [1.165, 1.54) is 30.4 Å². The summed E-state index contributed by atoms with van der Waals surface area (Å²) in [7, 11) is 0. The Morgan fingerprint density at radius 2 is 1.94 bits per heavy atom. The zero-order valence-electron chi connectivity index (χ0n) is 17.1. The molecule has 0 aliphatic rings. The Hall–Kier alpha value is -3.83.